The second-order valence-electron chi connectivity index (χ2n) is 4.94. The molecule has 1 N–H and O–H groups in total. The Kier molecular flexibility index (Phi) is 3.12. The smallest absolute Gasteiger partial charge is 0.145 e. The molecule has 0 aliphatic carbocycles. The fraction of sp³-hybridized carbons (Fsp3) is 0.0625. The predicted octanol–water partition coefficient (Wildman–Crippen LogP) is 3.54. The van der Waals surface area contributed by atoms with E-state index in [1.807, 2.05) is 53.2 Å². The zero-order valence-electron chi connectivity index (χ0n) is 11.6. The van der Waals surface area contributed by atoms with Gasteiger partial charge in [-0.2, -0.15) is 0 Å². The van der Waals surface area contributed by atoms with Crippen LogP contribution in [0, 0.1) is 0 Å². The fourth-order valence-corrected chi connectivity index (χ4v) is 2.49. The lowest BCUT2D eigenvalue weighted by Crippen LogP contribution is -2.02. The molecule has 0 bridgehead atoms. The van der Waals surface area contributed by atoms with Crippen LogP contribution in [-0.4, -0.2) is 19.4 Å². The summed E-state index contributed by atoms with van der Waals surface area (Å²) in [5.41, 5.74) is 3.53. The lowest BCUT2D eigenvalue weighted by Gasteiger charge is -2.04. The summed E-state index contributed by atoms with van der Waals surface area (Å²) in [6.07, 6.45) is 5.51. The maximum Gasteiger partial charge on any atom is 0.145 e. The molecule has 108 valence electrons. The highest BCUT2D eigenvalue weighted by atomic mass is 35.5. The van der Waals surface area contributed by atoms with E-state index < -0.39 is 0 Å². The molecule has 3 aromatic heterocycles. The number of para-hydroxylation sites is 2. The van der Waals surface area contributed by atoms with Gasteiger partial charge in [-0.05, 0) is 24.3 Å². The molecule has 3 heterocycles. The molecule has 0 spiro atoms. The first-order chi connectivity index (χ1) is 10.8. The third-order valence-corrected chi connectivity index (χ3v) is 3.59. The number of aromatic nitrogens is 4. The number of nitrogens with one attached hydrogen (secondary N) is 1. The van der Waals surface area contributed by atoms with Crippen LogP contribution in [0.15, 0.2) is 55.0 Å². The molecule has 0 aliphatic rings. The molecule has 0 atom stereocenters. The second kappa shape index (κ2) is 5.27. The first kappa shape index (κ1) is 13.0. The zero-order chi connectivity index (χ0) is 14.9. The van der Waals surface area contributed by atoms with Crippen LogP contribution in [0.5, 0.6) is 0 Å². The average Bonchev–Trinajstić information content (AvgIpc) is 2.94. The predicted molar refractivity (Wildman–Crippen MR) is 87.1 cm³/mol. The molecule has 1 aromatic carbocycles. The van der Waals surface area contributed by atoms with E-state index in [4.69, 9.17) is 11.6 Å². The lowest BCUT2D eigenvalue weighted by molar-refractivity contribution is 1.06. The minimum Gasteiger partial charge on any atom is -0.363 e. The van der Waals surface area contributed by atoms with E-state index in [9.17, 15) is 0 Å². The van der Waals surface area contributed by atoms with Gasteiger partial charge in [-0.3, -0.25) is 4.98 Å². The molecule has 0 amide bonds. The van der Waals surface area contributed by atoms with Gasteiger partial charge in [0, 0.05) is 12.4 Å². The second-order valence-corrected chi connectivity index (χ2v) is 5.38. The molecular formula is C16H12ClN5. The number of fused-ring (bicyclic) bond motifs is 2. The Morgan fingerprint density at radius 2 is 1.86 bits per heavy atom. The molecule has 0 fully saturated rings. The van der Waals surface area contributed by atoms with Crippen LogP contribution in [0.25, 0.3) is 16.7 Å². The summed E-state index contributed by atoms with van der Waals surface area (Å²) in [7, 11) is 0. The van der Waals surface area contributed by atoms with Gasteiger partial charge < -0.3 is 9.72 Å². The minimum absolute atomic E-state index is 0.576. The summed E-state index contributed by atoms with van der Waals surface area (Å²) in [4.78, 5) is 13.4. The molecule has 0 saturated heterocycles. The number of imidazole rings is 1. The van der Waals surface area contributed by atoms with Crippen LogP contribution in [0.4, 0.5) is 5.82 Å². The monoisotopic (exact) mass is 309 g/mol. The number of anilines is 1. The lowest BCUT2D eigenvalue weighted by atomic mass is 10.3. The Bertz CT molecular complexity index is 963. The Balaban J connectivity index is 1.56. The summed E-state index contributed by atoms with van der Waals surface area (Å²) in [6.45, 7) is 0.576. The molecule has 0 unspecified atom stereocenters. The van der Waals surface area contributed by atoms with Gasteiger partial charge in [0.1, 0.15) is 11.5 Å². The van der Waals surface area contributed by atoms with Crippen molar-refractivity contribution in [2.24, 2.45) is 0 Å². The Morgan fingerprint density at radius 1 is 1.00 bits per heavy atom. The van der Waals surface area contributed by atoms with Crippen LogP contribution in [-0.2, 0) is 6.54 Å². The standard InChI is InChI=1S/C16H12ClN5/c17-11-5-6-16-20-12(10-22(16)9-11)7-19-15-8-18-13-3-1-2-4-14(13)21-15/h1-6,8-10H,7H2,(H,19,21). The molecule has 0 aliphatic heterocycles. The summed E-state index contributed by atoms with van der Waals surface area (Å²) in [6, 6.07) is 11.5. The first-order valence-electron chi connectivity index (χ1n) is 6.87. The highest BCUT2D eigenvalue weighted by molar-refractivity contribution is 6.30. The SMILES string of the molecule is Clc1ccc2nc(CNc3cnc4ccccc4n3)cn2c1. The van der Waals surface area contributed by atoms with Crippen molar-refractivity contribution < 1.29 is 0 Å². The summed E-state index contributed by atoms with van der Waals surface area (Å²) >= 11 is 5.97. The third kappa shape index (κ3) is 2.46. The van der Waals surface area contributed by atoms with Crippen LogP contribution < -0.4 is 5.32 Å². The summed E-state index contributed by atoms with van der Waals surface area (Å²) in [5.74, 6) is 0.730. The van der Waals surface area contributed by atoms with E-state index in [1.54, 1.807) is 6.20 Å². The minimum atomic E-state index is 0.576. The normalized spacial score (nSPS) is 11.1. The molecule has 0 radical (unpaired) electrons. The van der Waals surface area contributed by atoms with Gasteiger partial charge in [0.05, 0.1) is 34.5 Å². The van der Waals surface area contributed by atoms with Crippen LogP contribution >= 0.6 is 11.6 Å². The molecule has 22 heavy (non-hydrogen) atoms. The van der Waals surface area contributed by atoms with Crippen molar-refractivity contribution in [3.63, 3.8) is 0 Å². The molecular weight excluding hydrogens is 298 g/mol. The van der Waals surface area contributed by atoms with Gasteiger partial charge in [-0.1, -0.05) is 23.7 Å². The fourth-order valence-electron chi connectivity index (χ4n) is 2.33. The van der Waals surface area contributed by atoms with E-state index in [2.05, 4.69) is 20.3 Å². The van der Waals surface area contributed by atoms with Gasteiger partial charge in [0.25, 0.3) is 0 Å². The number of pyridine rings is 1. The zero-order valence-corrected chi connectivity index (χ0v) is 12.3. The molecule has 4 rings (SSSR count). The van der Waals surface area contributed by atoms with E-state index in [0.717, 1.165) is 28.2 Å². The van der Waals surface area contributed by atoms with Crippen LogP contribution in [0.2, 0.25) is 5.02 Å². The van der Waals surface area contributed by atoms with Crippen molar-refractivity contribution in [3.8, 4) is 0 Å². The number of nitrogens with zero attached hydrogens (tertiary/aromatic N) is 4. The van der Waals surface area contributed by atoms with Gasteiger partial charge in [-0.25, -0.2) is 9.97 Å². The van der Waals surface area contributed by atoms with Crippen molar-refractivity contribution in [1.29, 1.82) is 0 Å². The highest BCUT2D eigenvalue weighted by Gasteiger charge is 2.03. The Labute approximate surface area is 131 Å². The van der Waals surface area contributed by atoms with Crippen molar-refractivity contribution in [3.05, 3.63) is 65.7 Å². The molecule has 5 nitrogen and oxygen atoms in total. The van der Waals surface area contributed by atoms with Gasteiger partial charge in [0.2, 0.25) is 0 Å². The molecule has 4 aromatic rings. The van der Waals surface area contributed by atoms with Gasteiger partial charge >= 0.3 is 0 Å². The number of halogens is 1. The largest absolute Gasteiger partial charge is 0.363 e. The topological polar surface area (TPSA) is 55.1 Å². The number of hydrogen-bond donors (Lipinski definition) is 1. The van der Waals surface area contributed by atoms with Crippen molar-refractivity contribution in [2.45, 2.75) is 6.54 Å². The summed E-state index contributed by atoms with van der Waals surface area (Å²) < 4.78 is 1.91. The van der Waals surface area contributed by atoms with Crippen molar-refractivity contribution >= 4 is 34.1 Å². The highest BCUT2D eigenvalue weighted by Crippen LogP contribution is 2.14. The van der Waals surface area contributed by atoms with Crippen molar-refractivity contribution in [2.75, 3.05) is 5.32 Å². The Hall–Kier alpha value is -2.66. The average molecular weight is 310 g/mol. The first-order valence-corrected chi connectivity index (χ1v) is 7.24. The molecule has 6 heteroatoms. The Morgan fingerprint density at radius 3 is 2.77 bits per heavy atom. The maximum atomic E-state index is 5.97. The number of hydrogen-bond acceptors (Lipinski definition) is 4. The van der Waals surface area contributed by atoms with Gasteiger partial charge in [0.15, 0.2) is 0 Å². The van der Waals surface area contributed by atoms with Crippen LogP contribution in [0.3, 0.4) is 0 Å². The van der Waals surface area contributed by atoms with Gasteiger partial charge in [-0.15, -0.1) is 0 Å². The van der Waals surface area contributed by atoms with E-state index in [-0.39, 0.29) is 0 Å². The van der Waals surface area contributed by atoms with Crippen LogP contribution in [0.1, 0.15) is 5.69 Å². The quantitative estimate of drug-likeness (QED) is 0.629. The maximum absolute atomic E-state index is 5.97. The van der Waals surface area contributed by atoms with E-state index in [1.165, 1.54) is 0 Å². The van der Waals surface area contributed by atoms with E-state index >= 15 is 0 Å². The third-order valence-electron chi connectivity index (χ3n) is 3.36. The summed E-state index contributed by atoms with van der Waals surface area (Å²) in [5, 5.41) is 3.93. The number of rotatable bonds is 3. The number of benzene rings is 1. The van der Waals surface area contributed by atoms with E-state index in [0.29, 0.717) is 11.6 Å². The van der Waals surface area contributed by atoms with Crippen molar-refractivity contribution in [1.82, 2.24) is 19.4 Å². The molecule has 0 saturated carbocycles.